The van der Waals surface area contributed by atoms with Crippen LogP contribution in [-0.4, -0.2) is 99.9 Å². The third kappa shape index (κ3) is 13.7. The maximum Gasteiger partial charge on any atom is 0.337 e. The van der Waals surface area contributed by atoms with Crippen molar-refractivity contribution in [3.63, 3.8) is 0 Å². The molecule has 0 aliphatic heterocycles. The molecule has 3 aromatic rings. The molecular weight excluding hydrogens is 617 g/mol. The number of amides is 1. The predicted octanol–water partition coefficient (Wildman–Crippen LogP) is 3.70. The lowest BCUT2D eigenvalue weighted by Gasteiger charge is -2.10. The van der Waals surface area contributed by atoms with Crippen molar-refractivity contribution < 1.29 is 38.0 Å². The molecule has 1 aromatic heterocycles. The third-order valence-corrected chi connectivity index (χ3v) is 5.97. The fraction of sp³-hybridized carbons (Fsp3) is 0.414. The molecule has 13 nitrogen and oxygen atoms in total. The maximum atomic E-state index is 12.3. The van der Waals surface area contributed by atoms with Gasteiger partial charge in [0.2, 0.25) is 16.5 Å². The van der Waals surface area contributed by atoms with Gasteiger partial charge in [-0.05, 0) is 78.2 Å². The third-order valence-electron chi connectivity index (χ3n) is 5.63. The summed E-state index contributed by atoms with van der Waals surface area (Å²) < 4.78 is 32.4. The van der Waals surface area contributed by atoms with Crippen molar-refractivity contribution in [2.24, 2.45) is 0 Å². The minimum Gasteiger partial charge on any atom is -0.491 e. The van der Waals surface area contributed by atoms with Gasteiger partial charge in [-0.25, -0.2) is 4.79 Å². The summed E-state index contributed by atoms with van der Waals surface area (Å²) in [5, 5.41) is 5.84. The molecule has 0 spiro atoms. The van der Waals surface area contributed by atoms with Crippen LogP contribution in [0.2, 0.25) is 10.6 Å². The standard InChI is InChI=1S/C29H35Cl2N5O8/c1-39-26(38)22-5-9-24(10-6-22)44-20-18-42-16-14-40-13-15-41-17-19-43-23-7-3-21(4-8-23)25(37)32-11-2-12-33-29-35-27(30)34-28(31)36-29/h3-10H,2,11-20H2,1H3,(H,32,37)(H,33,34,35,36). The van der Waals surface area contributed by atoms with Gasteiger partial charge in [0.05, 0.1) is 52.3 Å². The van der Waals surface area contributed by atoms with Gasteiger partial charge in [0.1, 0.15) is 24.7 Å². The normalized spacial score (nSPS) is 10.7. The summed E-state index contributed by atoms with van der Waals surface area (Å²) in [6.45, 7) is 4.27. The topological polar surface area (TPSA) is 152 Å². The van der Waals surface area contributed by atoms with Gasteiger partial charge in [-0.1, -0.05) is 0 Å². The van der Waals surface area contributed by atoms with Gasteiger partial charge in [0.15, 0.2) is 0 Å². The second-order valence-electron chi connectivity index (χ2n) is 8.81. The van der Waals surface area contributed by atoms with Crippen molar-refractivity contribution in [1.82, 2.24) is 20.3 Å². The van der Waals surface area contributed by atoms with Crippen LogP contribution in [0.15, 0.2) is 48.5 Å². The van der Waals surface area contributed by atoms with Crippen LogP contribution in [0.1, 0.15) is 27.1 Å². The molecular formula is C29H35Cl2N5O8. The summed E-state index contributed by atoms with van der Waals surface area (Å²) in [7, 11) is 1.34. The number of anilines is 1. The number of hydrogen-bond donors (Lipinski definition) is 2. The minimum atomic E-state index is -0.389. The SMILES string of the molecule is COC(=O)c1ccc(OCCOCCOCCOCCOc2ccc(C(=O)NCCCNc3nc(Cl)nc(Cl)n3)cc2)cc1. The fourth-order valence-electron chi connectivity index (χ4n) is 3.48. The Balaban J connectivity index is 1.12. The molecule has 3 rings (SSSR count). The Morgan fingerprint density at radius 2 is 1.14 bits per heavy atom. The molecule has 0 aliphatic rings. The largest absolute Gasteiger partial charge is 0.491 e. The van der Waals surface area contributed by atoms with E-state index in [1.807, 2.05) is 0 Å². The van der Waals surface area contributed by atoms with Crippen LogP contribution in [0.3, 0.4) is 0 Å². The van der Waals surface area contributed by atoms with Gasteiger partial charge in [0.25, 0.3) is 5.91 Å². The molecule has 1 amide bonds. The number of benzene rings is 2. The number of carbonyl (C=O) groups excluding carboxylic acids is 2. The Kier molecular flexibility index (Phi) is 16.0. The molecule has 0 saturated heterocycles. The summed E-state index contributed by atoms with van der Waals surface area (Å²) in [6, 6.07) is 13.6. The maximum absolute atomic E-state index is 12.3. The van der Waals surface area contributed by atoms with E-state index in [0.717, 1.165) is 0 Å². The van der Waals surface area contributed by atoms with Crippen LogP contribution in [0, 0.1) is 0 Å². The molecule has 2 aromatic carbocycles. The zero-order valence-corrected chi connectivity index (χ0v) is 25.8. The monoisotopic (exact) mass is 651 g/mol. The highest BCUT2D eigenvalue weighted by Crippen LogP contribution is 2.14. The Morgan fingerprint density at radius 3 is 1.64 bits per heavy atom. The summed E-state index contributed by atoms with van der Waals surface area (Å²) in [5.41, 5.74) is 0.992. The van der Waals surface area contributed by atoms with E-state index in [4.69, 9.17) is 46.9 Å². The zero-order chi connectivity index (χ0) is 31.4. The Morgan fingerprint density at radius 1 is 0.659 bits per heavy atom. The van der Waals surface area contributed by atoms with E-state index in [0.29, 0.717) is 95.0 Å². The highest BCUT2D eigenvalue weighted by atomic mass is 35.5. The zero-order valence-electron chi connectivity index (χ0n) is 24.3. The molecule has 0 saturated carbocycles. The molecule has 1 heterocycles. The summed E-state index contributed by atoms with van der Waals surface area (Å²) in [6.07, 6.45) is 0.639. The van der Waals surface area contributed by atoms with Gasteiger partial charge in [0, 0.05) is 18.7 Å². The van der Waals surface area contributed by atoms with E-state index in [-0.39, 0.29) is 28.4 Å². The van der Waals surface area contributed by atoms with E-state index in [2.05, 4.69) is 30.3 Å². The number of carbonyl (C=O) groups is 2. The first-order chi connectivity index (χ1) is 21.4. The van der Waals surface area contributed by atoms with Crippen molar-refractivity contribution in [2.75, 3.05) is 78.4 Å². The quantitative estimate of drug-likeness (QED) is 0.128. The first-order valence-corrected chi connectivity index (χ1v) is 14.6. The van der Waals surface area contributed by atoms with Crippen molar-refractivity contribution in [3.8, 4) is 11.5 Å². The van der Waals surface area contributed by atoms with Crippen LogP contribution in [-0.2, 0) is 18.9 Å². The number of esters is 1. The minimum absolute atomic E-state index is 0.00714. The van der Waals surface area contributed by atoms with Crippen LogP contribution in [0.25, 0.3) is 0 Å². The van der Waals surface area contributed by atoms with Gasteiger partial charge >= 0.3 is 5.97 Å². The molecule has 0 unspecified atom stereocenters. The van der Waals surface area contributed by atoms with E-state index in [1.165, 1.54) is 7.11 Å². The molecule has 0 atom stereocenters. The van der Waals surface area contributed by atoms with Crippen molar-refractivity contribution in [3.05, 3.63) is 70.2 Å². The molecule has 44 heavy (non-hydrogen) atoms. The molecule has 15 heteroatoms. The number of rotatable bonds is 21. The van der Waals surface area contributed by atoms with Crippen molar-refractivity contribution in [1.29, 1.82) is 0 Å². The number of methoxy groups -OCH3 is 1. The average molecular weight is 653 g/mol. The Hall–Kier alpha value is -3.75. The van der Waals surface area contributed by atoms with Gasteiger partial charge in [-0.3, -0.25) is 4.79 Å². The number of aromatic nitrogens is 3. The van der Waals surface area contributed by atoms with Gasteiger partial charge < -0.3 is 39.1 Å². The van der Waals surface area contributed by atoms with E-state index in [9.17, 15) is 9.59 Å². The van der Waals surface area contributed by atoms with Gasteiger partial charge in [-0.15, -0.1) is 0 Å². The van der Waals surface area contributed by atoms with Crippen molar-refractivity contribution >= 4 is 41.0 Å². The number of nitrogens with one attached hydrogen (secondary N) is 2. The van der Waals surface area contributed by atoms with E-state index in [1.54, 1.807) is 48.5 Å². The smallest absolute Gasteiger partial charge is 0.337 e. The van der Waals surface area contributed by atoms with Crippen molar-refractivity contribution in [2.45, 2.75) is 6.42 Å². The molecule has 2 N–H and O–H groups in total. The van der Waals surface area contributed by atoms with Crippen LogP contribution >= 0.6 is 23.2 Å². The van der Waals surface area contributed by atoms with E-state index >= 15 is 0 Å². The van der Waals surface area contributed by atoms with Crippen LogP contribution < -0.4 is 20.1 Å². The highest BCUT2D eigenvalue weighted by Gasteiger charge is 2.07. The highest BCUT2D eigenvalue weighted by molar-refractivity contribution is 6.31. The molecule has 0 aliphatic carbocycles. The predicted molar refractivity (Wildman–Crippen MR) is 163 cm³/mol. The second-order valence-corrected chi connectivity index (χ2v) is 9.48. The Bertz CT molecular complexity index is 1270. The molecule has 0 bridgehead atoms. The fourth-order valence-corrected chi connectivity index (χ4v) is 3.85. The molecule has 0 fully saturated rings. The molecule has 0 radical (unpaired) electrons. The lowest BCUT2D eigenvalue weighted by Crippen LogP contribution is -2.25. The summed E-state index contributed by atoms with van der Waals surface area (Å²) >= 11 is 11.5. The first-order valence-electron chi connectivity index (χ1n) is 13.8. The number of nitrogens with zero attached hydrogens (tertiary/aromatic N) is 3. The lowest BCUT2D eigenvalue weighted by molar-refractivity contribution is 0.00499. The second kappa shape index (κ2) is 20.3. The van der Waals surface area contributed by atoms with Gasteiger partial charge in [-0.2, -0.15) is 15.0 Å². The van der Waals surface area contributed by atoms with E-state index < -0.39 is 0 Å². The summed E-state index contributed by atoms with van der Waals surface area (Å²) in [4.78, 5) is 35.3. The lowest BCUT2D eigenvalue weighted by atomic mass is 10.2. The number of hydrogen-bond acceptors (Lipinski definition) is 12. The van der Waals surface area contributed by atoms with Crippen LogP contribution in [0.4, 0.5) is 5.95 Å². The average Bonchev–Trinajstić information content (AvgIpc) is 3.02. The summed E-state index contributed by atoms with van der Waals surface area (Å²) in [5.74, 6) is 0.986. The number of ether oxygens (including phenoxy) is 6. The van der Waals surface area contributed by atoms with Crippen LogP contribution in [0.5, 0.6) is 11.5 Å². The Labute approximate surface area is 265 Å². The first kappa shape index (κ1) is 34.7. The molecule has 238 valence electrons. The number of halogens is 2.